The first-order valence-electron chi connectivity index (χ1n) is 9.18. The number of aryl methyl sites for hydroxylation is 1. The quantitative estimate of drug-likeness (QED) is 0.821. The van der Waals surface area contributed by atoms with E-state index in [2.05, 4.69) is 11.8 Å². The maximum Gasteiger partial charge on any atom is 0.245 e. The van der Waals surface area contributed by atoms with Crippen LogP contribution in [0.15, 0.2) is 39.3 Å². The van der Waals surface area contributed by atoms with Crippen molar-refractivity contribution >= 4 is 28.6 Å². The number of carbonyl (C=O) groups excluding carboxylic acids is 1. The topological polar surface area (TPSA) is 66.2 Å². The van der Waals surface area contributed by atoms with Crippen molar-refractivity contribution in [2.75, 3.05) is 32.2 Å². The molecule has 2 aliphatic heterocycles. The smallest absolute Gasteiger partial charge is 0.245 e. The highest BCUT2D eigenvalue weighted by atomic mass is 32.2. The molecule has 0 saturated carbocycles. The van der Waals surface area contributed by atoms with Gasteiger partial charge in [0, 0.05) is 29.1 Å². The lowest BCUT2D eigenvalue weighted by molar-refractivity contribution is -0.131. The molecule has 4 rings (SSSR count). The summed E-state index contributed by atoms with van der Waals surface area (Å²) in [7, 11) is 0. The fourth-order valence-corrected chi connectivity index (χ4v) is 4.86. The molecule has 0 spiro atoms. The van der Waals surface area contributed by atoms with Gasteiger partial charge in [-0.1, -0.05) is 0 Å². The fourth-order valence-electron chi connectivity index (χ4n) is 3.73. The van der Waals surface area contributed by atoms with Gasteiger partial charge in [-0.3, -0.25) is 4.79 Å². The number of nitrogens with zero attached hydrogens (tertiary/aromatic N) is 2. The van der Waals surface area contributed by atoms with Gasteiger partial charge in [-0.15, -0.1) is 11.8 Å². The lowest BCUT2D eigenvalue weighted by atomic mass is 10.2. The van der Waals surface area contributed by atoms with Crippen LogP contribution in [0.3, 0.4) is 0 Å². The lowest BCUT2D eigenvalue weighted by Crippen LogP contribution is -2.40. The second kappa shape index (κ2) is 7.48. The number of hydrogen-bond donors (Lipinski definition) is 1. The van der Waals surface area contributed by atoms with Crippen LogP contribution in [-0.2, 0) is 4.79 Å². The van der Waals surface area contributed by atoms with Crippen molar-refractivity contribution in [3.63, 3.8) is 0 Å². The van der Waals surface area contributed by atoms with Crippen molar-refractivity contribution in [1.82, 2.24) is 9.80 Å². The average Bonchev–Trinajstić information content (AvgIpc) is 3.30. The van der Waals surface area contributed by atoms with Gasteiger partial charge in [-0.25, -0.2) is 0 Å². The second-order valence-corrected chi connectivity index (χ2v) is 7.99. The van der Waals surface area contributed by atoms with Crippen molar-refractivity contribution in [2.24, 2.45) is 0 Å². The van der Waals surface area contributed by atoms with Crippen LogP contribution >= 0.6 is 11.8 Å². The zero-order valence-electron chi connectivity index (χ0n) is 15.6. The number of allylic oxidation sites excluding steroid dienone is 1. The summed E-state index contributed by atoms with van der Waals surface area (Å²) in [6.07, 6.45) is 0.807. The number of carbonyl (C=O) groups is 1. The Morgan fingerprint density at radius 1 is 1.33 bits per heavy atom. The van der Waals surface area contributed by atoms with Crippen LogP contribution in [0.5, 0.6) is 5.75 Å². The van der Waals surface area contributed by atoms with Gasteiger partial charge in [-0.2, -0.15) is 0 Å². The Bertz CT molecular complexity index is 891. The number of thioether (sulfide) groups is 1. The van der Waals surface area contributed by atoms with E-state index in [0.29, 0.717) is 19.7 Å². The van der Waals surface area contributed by atoms with Crippen molar-refractivity contribution in [3.05, 3.63) is 40.6 Å². The van der Waals surface area contributed by atoms with Crippen LogP contribution in [0.4, 0.5) is 0 Å². The molecular formula is C20H24N2O4S. The molecule has 3 heterocycles. The summed E-state index contributed by atoms with van der Waals surface area (Å²) in [6.45, 7) is 5.64. The summed E-state index contributed by atoms with van der Waals surface area (Å²) in [5.41, 5.74) is 1.98. The van der Waals surface area contributed by atoms with Gasteiger partial charge in [0.2, 0.25) is 5.91 Å². The standard InChI is InChI=1S/C20H24N2O4S/c1-13-9-15-10-16(3-4-18(15)26-13)25-11-19-14(2)22(12-27-19)17-5-6-21(7-8-23)20(17)24/h3-4,9-10,17,23H,5-8,11-12H2,1-2H3. The summed E-state index contributed by atoms with van der Waals surface area (Å²) in [5, 5.41) is 10.1. The predicted octanol–water partition coefficient (Wildman–Crippen LogP) is 2.95. The first-order chi connectivity index (χ1) is 13.1. The molecule has 1 saturated heterocycles. The Morgan fingerprint density at radius 2 is 2.19 bits per heavy atom. The maximum atomic E-state index is 12.5. The molecule has 1 aromatic heterocycles. The van der Waals surface area contributed by atoms with E-state index in [1.807, 2.05) is 31.2 Å². The van der Waals surface area contributed by atoms with Gasteiger partial charge >= 0.3 is 0 Å². The zero-order valence-corrected chi connectivity index (χ0v) is 16.4. The summed E-state index contributed by atoms with van der Waals surface area (Å²) < 4.78 is 11.6. The SMILES string of the molecule is CC1=C(COc2ccc3oc(C)cc3c2)SCN1C1CCN(CCO)C1=O. The number of hydrogen-bond acceptors (Lipinski definition) is 6. The number of fused-ring (bicyclic) bond motifs is 1. The lowest BCUT2D eigenvalue weighted by Gasteiger charge is -2.26. The van der Waals surface area contributed by atoms with E-state index in [-0.39, 0.29) is 18.6 Å². The minimum absolute atomic E-state index is 0.0155. The minimum atomic E-state index is -0.119. The number of furan rings is 1. The van der Waals surface area contributed by atoms with Gasteiger partial charge in [0.05, 0.1) is 12.5 Å². The summed E-state index contributed by atoms with van der Waals surface area (Å²) in [4.78, 5) is 17.6. The number of ether oxygens (including phenoxy) is 1. The van der Waals surface area contributed by atoms with Crippen LogP contribution in [-0.4, -0.2) is 59.0 Å². The minimum Gasteiger partial charge on any atom is -0.488 e. The van der Waals surface area contributed by atoms with Crippen molar-refractivity contribution < 1.29 is 19.1 Å². The highest BCUT2D eigenvalue weighted by Gasteiger charge is 2.38. The van der Waals surface area contributed by atoms with E-state index in [9.17, 15) is 4.79 Å². The maximum absolute atomic E-state index is 12.5. The van der Waals surface area contributed by atoms with E-state index in [4.69, 9.17) is 14.3 Å². The second-order valence-electron chi connectivity index (χ2n) is 6.95. The number of aliphatic hydroxyl groups excluding tert-OH is 1. The molecule has 144 valence electrons. The molecular weight excluding hydrogens is 364 g/mol. The molecule has 6 nitrogen and oxygen atoms in total. The predicted molar refractivity (Wildman–Crippen MR) is 106 cm³/mol. The molecule has 1 N–H and O–H groups in total. The van der Waals surface area contributed by atoms with E-state index < -0.39 is 0 Å². The normalized spacial score (nSPS) is 20.4. The monoisotopic (exact) mass is 388 g/mol. The van der Waals surface area contributed by atoms with Gasteiger partial charge in [0.25, 0.3) is 0 Å². The highest BCUT2D eigenvalue weighted by molar-refractivity contribution is 8.03. The molecule has 1 atom stereocenters. The van der Waals surface area contributed by atoms with Crippen LogP contribution in [0.25, 0.3) is 11.0 Å². The van der Waals surface area contributed by atoms with Gasteiger partial charge in [-0.05, 0) is 44.5 Å². The molecule has 1 aromatic carbocycles. The van der Waals surface area contributed by atoms with Crippen LogP contribution < -0.4 is 4.74 Å². The highest BCUT2D eigenvalue weighted by Crippen LogP contribution is 2.36. The van der Waals surface area contributed by atoms with Gasteiger partial charge in [0.15, 0.2) is 0 Å². The molecule has 7 heteroatoms. The molecule has 2 aliphatic rings. The molecule has 2 aromatic rings. The Hall–Kier alpha value is -2.12. The largest absolute Gasteiger partial charge is 0.488 e. The molecule has 0 radical (unpaired) electrons. The number of likely N-dealkylation sites (tertiary alicyclic amines) is 1. The summed E-state index contributed by atoms with van der Waals surface area (Å²) >= 11 is 1.73. The van der Waals surface area contributed by atoms with Crippen molar-refractivity contribution in [3.8, 4) is 5.75 Å². The summed E-state index contributed by atoms with van der Waals surface area (Å²) in [6, 6.07) is 7.73. The van der Waals surface area contributed by atoms with E-state index >= 15 is 0 Å². The molecule has 27 heavy (non-hydrogen) atoms. The van der Waals surface area contributed by atoms with Gasteiger partial charge in [0.1, 0.15) is 29.7 Å². The third-order valence-corrected chi connectivity index (χ3v) is 6.38. The van der Waals surface area contributed by atoms with Crippen LogP contribution in [0.1, 0.15) is 19.1 Å². The van der Waals surface area contributed by atoms with E-state index in [0.717, 1.165) is 45.4 Å². The molecule has 1 unspecified atom stereocenters. The Balaban J connectivity index is 1.42. The van der Waals surface area contributed by atoms with Crippen molar-refractivity contribution in [2.45, 2.75) is 26.3 Å². The van der Waals surface area contributed by atoms with E-state index in [1.165, 1.54) is 0 Å². The fraction of sp³-hybridized carbons (Fsp3) is 0.450. The molecule has 1 amide bonds. The Labute approximate surface area is 162 Å². The molecule has 1 fully saturated rings. The number of β-amino-alcohol motifs (C(OH)–C–C–N with tert-alkyl or cyclic N) is 1. The number of rotatable bonds is 6. The number of aliphatic hydroxyl groups is 1. The zero-order chi connectivity index (χ0) is 19.0. The first-order valence-corrected chi connectivity index (χ1v) is 10.2. The van der Waals surface area contributed by atoms with Crippen LogP contribution in [0, 0.1) is 6.92 Å². The number of benzene rings is 1. The first kappa shape index (κ1) is 18.3. The van der Waals surface area contributed by atoms with Gasteiger partial charge < -0.3 is 24.1 Å². The third kappa shape index (κ3) is 3.53. The Morgan fingerprint density at radius 3 is 3.00 bits per heavy atom. The van der Waals surface area contributed by atoms with E-state index in [1.54, 1.807) is 16.7 Å². The Kier molecular flexibility index (Phi) is 5.06. The summed E-state index contributed by atoms with van der Waals surface area (Å²) in [5.74, 6) is 2.59. The molecule has 0 bridgehead atoms. The van der Waals surface area contributed by atoms with Crippen molar-refractivity contribution in [1.29, 1.82) is 0 Å². The molecule has 0 aliphatic carbocycles. The third-order valence-electron chi connectivity index (χ3n) is 5.21. The van der Waals surface area contributed by atoms with Crippen LogP contribution in [0.2, 0.25) is 0 Å². The average molecular weight is 388 g/mol. The number of amides is 1.